The zero-order chi connectivity index (χ0) is 22.5. The Kier molecular flexibility index (Phi) is 6.78. The Labute approximate surface area is 191 Å². The Bertz CT molecular complexity index is 1160. The third kappa shape index (κ3) is 5.12. The number of rotatable bonds is 7. The second-order valence-electron chi connectivity index (χ2n) is 7.52. The van der Waals surface area contributed by atoms with Crippen molar-refractivity contribution >= 4 is 34.5 Å². The molecule has 164 valence electrons. The molecule has 0 bridgehead atoms. The van der Waals surface area contributed by atoms with Gasteiger partial charge in [0.25, 0.3) is 0 Å². The van der Waals surface area contributed by atoms with Gasteiger partial charge in [0, 0.05) is 36.5 Å². The minimum Gasteiger partial charge on any atom is -0.380 e. The molecule has 4 rings (SSSR count). The van der Waals surface area contributed by atoms with Crippen LogP contribution in [0.15, 0.2) is 66.5 Å². The summed E-state index contributed by atoms with van der Waals surface area (Å²) in [5.74, 6) is 0.246. The maximum absolute atomic E-state index is 14.7. The van der Waals surface area contributed by atoms with Crippen LogP contribution in [0.4, 0.5) is 15.9 Å². The molecule has 8 heteroatoms. The van der Waals surface area contributed by atoms with Gasteiger partial charge >= 0.3 is 0 Å². The van der Waals surface area contributed by atoms with Gasteiger partial charge in [-0.05, 0) is 36.4 Å². The van der Waals surface area contributed by atoms with Crippen LogP contribution < -0.4 is 10.6 Å². The van der Waals surface area contributed by atoms with Crippen molar-refractivity contribution in [3.8, 4) is 0 Å². The first-order chi connectivity index (χ1) is 15.5. The van der Waals surface area contributed by atoms with Crippen LogP contribution in [0.1, 0.15) is 18.1 Å². The molecule has 1 aliphatic rings. The standard InChI is InChI=1S/C24H24ClFN6/c1-2-32-14-19(21(27)15-32)24(18-8-3-4-9-20(18)26)29-11-16-6-5-7-17(10-16)30-23-13-28-12-22(25)31-23/h3-10,12-13,27,29H,2,11,14-15H2,1H3,(H,30,31)/b24-19-,27-21?. The average Bonchev–Trinajstić information content (AvgIpc) is 3.16. The van der Waals surface area contributed by atoms with Crippen molar-refractivity contribution in [3.05, 3.63) is 88.6 Å². The molecule has 0 radical (unpaired) electrons. The normalized spacial score (nSPS) is 15.7. The largest absolute Gasteiger partial charge is 0.380 e. The van der Waals surface area contributed by atoms with Crippen molar-refractivity contribution < 1.29 is 4.39 Å². The number of anilines is 2. The van der Waals surface area contributed by atoms with E-state index in [4.69, 9.17) is 17.0 Å². The second kappa shape index (κ2) is 9.89. The molecule has 0 saturated carbocycles. The first-order valence-corrected chi connectivity index (χ1v) is 10.8. The van der Waals surface area contributed by atoms with Gasteiger partial charge in [0.15, 0.2) is 5.82 Å². The molecule has 0 aliphatic carbocycles. The van der Waals surface area contributed by atoms with Crippen LogP contribution in [-0.2, 0) is 6.54 Å². The number of hydrogen-bond acceptors (Lipinski definition) is 6. The summed E-state index contributed by atoms with van der Waals surface area (Å²) in [6.45, 7) is 4.58. The lowest BCUT2D eigenvalue weighted by Gasteiger charge is -2.17. The molecule has 0 amide bonds. The Balaban J connectivity index is 1.58. The Morgan fingerprint density at radius 1 is 1.16 bits per heavy atom. The lowest BCUT2D eigenvalue weighted by molar-refractivity contribution is 0.382. The molecular weight excluding hydrogens is 427 g/mol. The fraction of sp³-hybridized carbons (Fsp3) is 0.208. The van der Waals surface area contributed by atoms with Gasteiger partial charge in [-0.15, -0.1) is 0 Å². The van der Waals surface area contributed by atoms with Crippen molar-refractivity contribution in [1.82, 2.24) is 20.2 Å². The molecule has 2 heterocycles. The number of likely N-dealkylation sites (N-methyl/N-ethyl adjacent to an activating group) is 1. The first kappa shape index (κ1) is 21.9. The molecule has 1 aliphatic heterocycles. The number of halogens is 2. The van der Waals surface area contributed by atoms with Crippen molar-refractivity contribution in [2.45, 2.75) is 13.5 Å². The van der Waals surface area contributed by atoms with Crippen molar-refractivity contribution in [1.29, 1.82) is 5.41 Å². The number of benzene rings is 2. The zero-order valence-electron chi connectivity index (χ0n) is 17.7. The summed E-state index contributed by atoms with van der Waals surface area (Å²) < 4.78 is 14.7. The minimum absolute atomic E-state index is 0.305. The van der Waals surface area contributed by atoms with Crippen LogP contribution >= 0.6 is 11.6 Å². The van der Waals surface area contributed by atoms with Gasteiger partial charge in [-0.3, -0.25) is 9.88 Å². The van der Waals surface area contributed by atoms with Gasteiger partial charge < -0.3 is 16.0 Å². The topological polar surface area (TPSA) is 76.9 Å². The number of nitrogens with one attached hydrogen (secondary N) is 3. The van der Waals surface area contributed by atoms with Gasteiger partial charge in [0.1, 0.15) is 11.0 Å². The van der Waals surface area contributed by atoms with Crippen molar-refractivity contribution in [2.24, 2.45) is 0 Å². The SMILES string of the molecule is CCN1CC(=N)/C(=C(\NCc2cccc(Nc3cncc(Cl)n3)c2)c2ccccc2F)C1. The predicted octanol–water partition coefficient (Wildman–Crippen LogP) is 4.87. The predicted molar refractivity (Wildman–Crippen MR) is 127 cm³/mol. The second-order valence-corrected chi connectivity index (χ2v) is 7.91. The molecule has 32 heavy (non-hydrogen) atoms. The highest BCUT2D eigenvalue weighted by atomic mass is 35.5. The van der Waals surface area contributed by atoms with Crippen LogP contribution in [0.5, 0.6) is 0 Å². The highest BCUT2D eigenvalue weighted by Crippen LogP contribution is 2.25. The smallest absolute Gasteiger partial charge is 0.150 e. The Morgan fingerprint density at radius 2 is 2.00 bits per heavy atom. The van der Waals surface area contributed by atoms with Crippen molar-refractivity contribution in [2.75, 3.05) is 25.0 Å². The van der Waals surface area contributed by atoms with E-state index in [9.17, 15) is 4.39 Å². The number of likely N-dealkylation sites (tertiary alicyclic amines) is 1. The fourth-order valence-electron chi connectivity index (χ4n) is 3.68. The van der Waals surface area contributed by atoms with Crippen LogP contribution in [0, 0.1) is 11.2 Å². The van der Waals surface area contributed by atoms with E-state index < -0.39 is 0 Å². The van der Waals surface area contributed by atoms with E-state index in [-0.39, 0.29) is 5.82 Å². The monoisotopic (exact) mass is 450 g/mol. The molecule has 0 unspecified atom stereocenters. The molecule has 3 aromatic rings. The van der Waals surface area contributed by atoms with Gasteiger partial charge in [-0.25, -0.2) is 9.37 Å². The van der Waals surface area contributed by atoms with Crippen LogP contribution in [0.2, 0.25) is 5.15 Å². The summed E-state index contributed by atoms with van der Waals surface area (Å²) in [6.07, 6.45) is 3.08. The van der Waals surface area contributed by atoms with Gasteiger partial charge in [0.2, 0.25) is 0 Å². The van der Waals surface area contributed by atoms with E-state index >= 15 is 0 Å². The maximum Gasteiger partial charge on any atom is 0.150 e. The van der Waals surface area contributed by atoms with E-state index in [1.165, 1.54) is 12.3 Å². The third-order valence-electron chi connectivity index (χ3n) is 5.29. The molecule has 1 aromatic heterocycles. The average molecular weight is 451 g/mol. The molecule has 0 atom stereocenters. The lowest BCUT2D eigenvalue weighted by atomic mass is 10.0. The third-order valence-corrected chi connectivity index (χ3v) is 5.48. The summed E-state index contributed by atoms with van der Waals surface area (Å²) in [7, 11) is 0. The van der Waals surface area contributed by atoms with E-state index in [2.05, 4.69) is 32.4 Å². The summed E-state index contributed by atoms with van der Waals surface area (Å²) >= 11 is 5.91. The summed E-state index contributed by atoms with van der Waals surface area (Å²) in [5, 5.41) is 15.4. The Morgan fingerprint density at radius 3 is 2.75 bits per heavy atom. The molecule has 1 fully saturated rings. The number of aromatic nitrogens is 2. The van der Waals surface area contributed by atoms with Crippen LogP contribution in [-0.4, -0.2) is 40.2 Å². The first-order valence-electron chi connectivity index (χ1n) is 10.4. The highest BCUT2D eigenvalue weighted by molar-refractivity contribution is 6.29. The van der Waals surface area contributed by atoms with Gasteiger partial charge in [-0.1, -0.05) is 42.8 Å². The molecular formula is C24H24ClFN6. The minimum atomic E-state index is -0.305. The molecule has 1 saturated heterocycles. The van der Waals surface area contributed by atoms with Gasteiger partial charge in [0.05, 0.1) is 23.8 Å². The number of nitrogens with zero attached hydrogens (tertiary/aromatic N) is 3. The molecule has 2 aromatic carbocycles. The summed E-state index contributed by atoms with van der Waals surface area (Å²) in [5.41, 5.74) is 4.34. The lowest BCUT2D eigenvalue weighted by Crippen LogP contribution is -2.20. The summed E-state index contributed by atoms with van der Waals surface area (Å²) in [6, 6.07) is 14.5. The van der Waals surface area contributed by atoms with E-state index in [0.29, 0.717) is 47.6 Å². The van der Waals surface area contributed by atoms with E-state index in [1.54, 1.807) is 18.3 Å². The fourth-order valence-corrected chi connectivity index (χ4v) is 3.82. The summed E-state index contributed by atoms with van der Waals surface area (Å²) in [4.78, 5) is 10.4. The Hall–Kier alpha value is -3.29. The van der Waals surface area contributed by atoms with Gasteiger partial charge in [-0.2, -0.15) is 0 Å². The molecule has 6 nitrogen and oxygen atoms in total. The maximum atomic E-state index is 14.7. The van der Waals surface area contributed by atoms with Crippen LogP contribution in [0.25, 0.3) is 5.70 Å². The van der Waals surface area contributed by atoms with Crippen molar-refractivity contribution in [3.63, 3.8) is 0 Å². The van der Waals surface area contributed by atoms with E-state index in [0.717, 1.165) is 23.4 Å². The molecule has 0 spiro atoms. The van der Waals surface area contributed by atoms with Crippen LogP contribution in [0.3, 0.4) is 0 Å². The highest BCUT2D eigenvalue weighted by Gasteiger charge is 2.25. The van der Waals surface area contributed by atoms with E-state index in [1.807, 2.05) is 30.3 Å². The zero-order valence-corrected chi connectivity index (χ0v) is 18.5. The number of hydrogen-bond donors (Lipinski definition) is 3. The molecule has 3 N–H and O–H groups in total. The quantitative estimate of drug-likeness (QED) is 0.478.